The van der Waals surface area contributed by atoms with Crippen LogP contribution in [0.2, 0.25) is 10.0 Å². The van der Waals surface area contributed by atoms with E-state index in [1.165, 1.54) is 6.21 Å². The van der Waals surface area contributed by atoms with Gasteiger partial charge >= 0.3 is 0 Å². The maximum atomic E-state index is 9.10. The van der Waals surface area contributed by atoms with E-state index in [1.807, 2.05) is 19.9 Å². The minimum absolute atomic E-state index is 0.0664. The van der Waals surface area contributed by atoms with Crippen LogP contribution in [-0.4, -0.2) is 11.2 Å². The Kier molecular flexibility index (Phi) is 5.31. The van der Waals surface area contributed by atoms with Crippen molar-refractivity contribution in [1.82, 2.24) is 4.98 Å². The molecule has 0 aliphatic rings. The highest BCUT2D eigenvalue weighted by atomic mass is 35.5. The smallest absolute Gasteiger partial charge is 0.252 e. The summed E-state index contributed by atoms with van der Waals surface area (Å²) in [5.41, 5.74) is 3.51. The summed E-state index contributed by atoms with van der Waals surface area (Å²) in [5.74, 6) is 1.79. The summed E-state index contributed by atoms with van der Waals surface area (Å²) in [6.07, 6.45) is 1.46. The topological polar surface area (TPSA) is 87.4 Å². The zero-order valence-corrected chi connectivity index (χ0v) is 15.5. The first-order valence-electron chi connectivity index (χ1n) is 7.73. The average Bonchev–Trinajstić information content (AvgIpc) is 3.24. The number of hydrazone groups is 1. The van der Waals surface area contributed by atoms with Gasteiger partial charge in [0, 0.05) is 16.5 Å². The van der Waals surface area contributed by atoms with Crippen LogP contribution in [0.25, 0.3) is 11.3 Å². The maximum absolute atomic E-state index is 9.10. The van der Waals surface area contributed by atoms with Crippen molar-refractivity contribution in [1.29, 1.82) is 5.26 Å². The fourth-order valence-electron chi connectivity index (χ4n) is 2.14. The van der Waals surface area contributed by atoms with Crippen LogP contribution in [0.15, 0.2) is 44.3 Å². The molecule has 6 nitrogen and oxygen atoms in total. The maximum Gasteiger partial charge on any atom is 0.252 e. The number of oxazole rings is 1. The van der Waals surface area contributed by atoms with Crippen molar-refractivity contribution in [2.24, 2.45) is 5.10 Å². The molecule has 8 heteroatoms. The van der Waals surface area contributed by atoms with E-state index in [4.69, 9.17) is 37.3 Å². The largest absolute Gasteiger partial charge is 0.455 e. The predicted octanol–water partition coefficient (Wildman–Crippen LogP) is 5.68. The van der Waals surface area contributed by atoms with Gasteiger partial charge < -0.3 is 8.83 Å². The fourth-order valence-corrected chi connectivity index (χ4v) is 2.53. The third-order valence-electron chi connectivity index (χ3n) is 3.42. The molecule has 26 heavy (non-hydrogen) atoms. The van der Waals surface area contributed by atoms with E-state index in [0.717, 1.165) is 0 Å². The molecule has 0 radical (unpaired) electrons. The molecular formula is C18H14Cl2N4O2. The molecule has 0 saturated carbocycles. The molecule has 3 aromatic rings. The molecule has 0 amide bonds. The average molecular weight is 389 g/mol. The summed E-state index contributed by atoms with van der Waals surface area (Å²) < 4.78 is 11.2. The van der Waals surface area contributed by atoms with E-state index < -0.39 is 0 Å². The molecular weight excluding hydrogens is 375 g/mol. The number of benzene rings is 1. The van der Waals surface area contributed by atoms with Crippen molar-refractivity contribution in [2.75, 3.05) is 5.43 Å². The molecule has 0 bridgehead atoms. The summed E-state index contributed by atoms with van der Waals surface area (Å²) in [6.45, 7) is 3.84. The summed E-state index contributed by atoms with van der Waals surface area (Å²) >= 11 is 12.2. The summed E-state index contributed by atoms with van der Waals surface area (Å²) in [7, 11) is 0. The van der Waals surface area contributed by atoms with Crippen LogP contribution in [0.1, 0.15) is 37.1 Å². The van der Waals surface area contributed by atoms with Gasteiger partial charge in [-0.2, -0.15) is 10.4 Å². The van der Waals surface area contributed by atoms with Crippen LogP contribution < -0.4 is 5.43 Å². The highest BCUT2D eigenvalue weighted by molar-refractivity contribution is 6.35. The third-order valence-corrected chi connectivity index (χ3v) is 3.99. The molecule has 2 aromatic heterocycles. The Labute approximate surface area is 160 Å². The molecule has 3 rings (SSSR count). The lowest BCUT2D eigenvalue weighted by atomic mass is 10.2. The zero-order valence-electron chi connectivity index (χ0n) is 14.0. The van der Waals surface area contributed by atoms with E-state index >= 15 is 0 Å². The number of nitrogens with zero attached hydrogens (tertiary/aromatic N) is 3. The zero-order chi connectivity index (χ0) is 18.7. The number of nitrogens with one attached hydrogen (secondary N) is 1. The van der Waals surface area contributed by atoms with E-state index in [0.29, 0.717) is 33.0 Å². The Morgan fingerprint density at radius 2 is 2.04 bits per heavy atom. The van der Waals surface area contributed by atoms with E-state index in [2.05, 4.69) is 15.5 Å². The Hall–Kier alpha value is -2.75. The van der Waals surface area contributed by atoms with Gasteiger partial charge in [0.25, 0.3) is 5.88 Å². The minimum atomic E-state index is 0.0664. The van der Waals surface area contributed by atoms with Crippen LogP contribution >= 0.6 is 23.2 Å². The van der Waals surface area contributed by atoms with E-state index in [9.17, 15) is 0 Å². The standard InChI is InChI=1S/C18H14Cl2N4O2/c1-10(2)17-23-15(8-21)18(26-17)24-22-9-12-4-6-16(25-12)13-7-11(19)3-5-14(13)20/h3-7,9-10,24H,1-2H3/b22-9+. The van der Waals surface area contributed by atoms with E-state index in [-0.39, 0.29) is 17.5 Å². The molecule has 0 aliphatic heterocycles. The van der Waals surface area contributed by atoms with Crippen LogP contribution in [0.3, 0.4) is 0 Å². The molecule has 0 unspecified atom stereocenters. The van der Waals surface area contributed by atoms with Gasteiger partial charge in [0.05, 0.1) is 11.2 Å². The molecule has 0 aliphatic carbocycles. The number of halogens is 2. The Morgan fingerprint density at radius 3 is 2.77 bits per heavy atom. The monoisotopic (exact) mass is 388 g/mol. The number of aromatic nitrogens is 1. The lowest BCUT2D eigenvalue weighted by Gasteiger charge is -2.01. The van der Waals surface area contributed by atoms with Gasteiger partial charge in [0.2, 0.25) is 11.6 Å². The fraction of sp³-hybridized carbons (Fsp3) is 0.167. The normalized spacial score (nSPS) is 11.2. The molecule has 1 aromatic carbocycles. The predicted molar refractivity (Wildman–Crippen MR) is 101 cm³/mol. The number of furan rings is 1. The SMILES string of the molecule is CC(C)c1nc(C#N)c(N/N=C/c2ccc(-c3cc(Cl)ccc3Cl)o2)o1. The van der Waals surface area contributed by atoms with Crippen molar-refractivity contribution < 1.29 is 8.83 Å². The van der Waals surface area contributed by atoms with Crippen LogP contribution in [0.4, 0.5) is 5.88 Å². The van der Waals surface area contributed by atoms with Gasteiger partial charge in [-0.3, -0.25) is 0 Å². The molecule has 1 N–H and O–H groups in total. The van der Waals surface area contributed by atoms with Gasteiger partial charge in [-0.05, 0) is 30.3 Å². The van der Waals surface area contributed by atoms with Gasteiger partial charge in [0.15, 0.2) is 0 Å². The summed E-state index contributed by atoms with van der Waals surface area (Å²) in [6, 6.07) is 10.6. The van der Waals surface area contributed by atoms with Gasteiger partial charge in [-0.1, -0.05) is 37.0 Å². The lowest BCUT2D eigenvalue weighted by molar-refractivity contribution is 0.481. The van der Waals surface area contributed by atoms with Crippen LogP contribution in [0.5, 0.6) is 0 Å². The highest BCUT2D eigenvalue weighted by Gasteiger charge is 2.15. The number of nitriles is 1. The van der Waals surface area contributed by atoms with Gasteiger partial charge in [-0.25, -0.2) is 10.4 Å². The number of hydrogen-bond donors (Lipinski definition) is 1. The van der Waals surface area contributed by atoms with Crippen molar-refractivity contribution in [3.8, 4) is 17.4 Å². The first-order chi connectivity index (χ1) is 12.5. The van der Waals surface area contributed by atoms with E-state index in [1.54, 1.807) is 30.3 Å². The van der Waals surface area contributed by atoms with Crippen molar-refractivity contribution in [3.63, 3.8) is 0 Å². The second-order valence-electron chi connectivity index (χ2n) is 5.69. The Bertz CT molecular complexity index is 999. The molecule has 0 atom stereocenters. The summed E-state index contributed by atoms with van der Waals surface area (Å²) in [5, 5.41) is 14.2. The second kappa shape index (κ2) is 7.65. The van der Waals surface area contributed by atoms with Crippen molar-refractivity contribution in [2.45, 2.75) is 19.8 Å². The number of rotatable bonds is 5. The molecule has 0 spiro atoms. The Balaban J connectivity index is 1.76. The Morgan fingerprint density at radius 1 is 1.23 bits per heavy atom. The minimum Gasteiger partial charge on any atom is -0.455 e. The third kappa shape index (κ3) is 3.90. The van der Waals surface area contributed by atoms with Gasteiger partial charge in [-0.15, -0.1) is 0 Å². The first kappa shape index (κ1) is 18.1. The second-order valence-corrected chi connectivity index (χ2v) is 6.54. The molecule has 2 heterocycles. The van der Waals surface area contributed by atoms with Crippen LogP contribution in [-0.2, 0) is 0 Å². The van der Waals surface area contributed by atoms with Crippen molar-refractivity contribution in [3.05, 3.63) is 57.7 Å². The first-order valence-corrected chi connectivity index (χ1v) is 8.48. The highest BCUT2D eigenvalue weighted by Crippen LogP contribution is 2.31. The lowest BCUT2D eigenvalue weighted by Crippen LogP contribution is -1.90. The number of hydrogen-bond acceptors (Lipinski definition) is 6. The molecule has 0 saturated heterocycles. The molecule has 132 valence electrons. The summed E-state index contributed by atoms with van der Waals surface area (Å²) in [4.78, 5) is 4.10. The van der Waals surface area contributed by atoms with Crippen molar-refractivity contribution >= 4 is 35.3 Å². The quantitative estimate of drug-likeness (QED) is 0.448. The molecule has 0 fully saturated rings. The van der Waals surface area contributed by atoms with Crippen LogP contribution in [0, 0.1) is 11.3 Å². The van der Waals surface area contributed by atoms with Gasteiger partial charge in [0.1, 0.15) is 17.6 Å². The number of anilines is 1.